The summed E-state index contributed by atoms with van der Waals surface area (Å²) in [6.07, 6.45) is -1.08. The Labute approximate surface area is 80.0 Å². The summed E-state index contributed by atoms with van der Waals surface area (Å²) in [5.74, 6) is 0.117. The highest BCUT2D eigenvalue weighted by Crippen LogP contribution is 2.17. The van der Waals surface area contributed by atoms with Gasteiger partial charge in [-0.3, -0.25) is 10.1 Å². The minimum Gasteiger partial charge on any atom is -0.513 e. The smallest absolute Gasteiger partial charge is 0.494 e. The molecule has 0 aromatic heterocycles. The van der Waals surface area contributed by atoms with Gasteiger partial charge in [0, 0.05) is 12.1 Å². The fourth-order valence-corrected chi connectivity index (χ4v) is 0.756. The summed E-state index contributed by atoms with van der Waals surface area (Å²) in [4.78, 5) is 20.2. The number of hydrogen-bond donors (Lipinski definition) is 0. The zero-order valence-electron chi connectivity index (χ0n) is 6.88. The molecule has 0 fully saturated rings. The van der Waals surface area contributed by atoms with E-state index < -0.39 is 11.1 Å². The molecule has 0 saturated carbocycles. The second-order valence-corrected chi connectivity index (χ2v) is 2.22. The van der Waals surface area contributed by atoms with E-state index in [9.17, 15) is 14.9 Å². The first kappa shape index (κ1) is 10.0. The maximum absolute atomic E-state index is 10.5. The number of nitro groups is 1. The van der Waals surface area contributed by atoms with E-state index in [0.29, 0.717) is 0 Å². The Morgan fingerprint density at radius 2 is 1.93 bits per heavy atom. The summed E-state index contributed by atoms with van der Waals surface area (Å²) in [5, 5.41) is 10.2. The quantitative estimate of drug-likeness (QED) is 0.231. The molecule has 0 aliphatic heterocycles. The number of rotatable bonds is 2. The fraction of sp³-hybridized carbons (Fsp3) is 0. The maximum Gasteiger partial charge on any atom is 0.494 e. The lowest BCUT2D eigenvalue weighted by molar-refractivity contribution is -0.384. The van der Waals surface area contributed by atoms with Crippen LogP contribution in [0.2, 0.25) is 0 Å². The van der Waals surface area contributed by atoms with Crippen LogP contribution in [0.15, 0.2) is 24.3 Å². The molecule has 0 aliphatic rings. The van der Waals surface area contributed by atoms with Gasteiger partial charge in [-0.25, -0.2) is 4.79 Å². The SMILES string of the molecule is [B]OC(=O)Oc1ccc([N+](=O)[O-])cc1. The van der Waals surface area contributed by atoms with Crippen LogP contribution < -0.4 is 4.74 Å². The van der Waals surface area contributed by atoms with Crippen molar-refractivity contribution < 1.29 is 19.1 Å². The molecular weight excluding hydrogens is 189 g/mol. The lowest BCUT2D eigenvalue weighted by Crippen LogP contribution is -2.07. The predicted octanol–water partition coefficient (Wildman–Crippen LogP) is 1.19. The van der Waals surface area contributed by atoms with Crippen LogP contribution in [0.1, 0.15) is 0 Å². The molecule has 1 aromatic carbocycles. The number of nitro benzene ring substituents is 1. The van der Waals surface area contributed by atoms with Gasteiger partial charge in [0.25, 0.3) is 5.69 Å². The first-order valence-corrected chi connectivity index (χ1v) is 3.46. The number of carbonyl (C=O) groups is 1. The summed E-state index contributed by atoms with van der Waals surface area (Å²) >= 11 is 0. The minimum absolute atomic E-state index is 0.0986. The van der Waals surface area contributed by atoms with E-state index in [1.807, 2.05) is 0 Å². The molecule has 0 heterocycles. The molecule has 6 nitrogen and oxygen atoms in total. The van der Waals surface area contributed by atoms with E-state index in [4.69, 9.17) is 0 Å². The predicted molar refractivity (Wildman–Crippen MR) is 46.0 cm³/mol. The third-order valence-corrected chi connectivity index (χ3v) is 1.34. The molecule has 14 heavy (non-hydrogen) atoms. The van der Waals surface area contributed by atoms with Crippen molar-refractivity contribution in [2.24, 2.45) is 0 Å². The van der Waals surface area contributed by atoms with Crippen molar-refractivity contribution in [1.82, 2.24) is 0 Å². The Bertz CT molecular complexity index is 350. The van der Waals surface area contributed by atoms with E-state index in [-0.39, 0.29) is 11.4 Å². The Morgan fingerprint density at radius 3 is 2.36 bits per heavy atom. The topological polar surface area (TPSA) is 78.7 Å². The third-order valence-electron chi connectivity index (χ3n) is 1.34. The Balaban J connectivity index is 2.73. The van der Waals surface area contributed by atoms with E-state index in [1.165, 1.54) is 24.3 Å². The van der Waals surface area contributed by atoms with Gasteiger partial charge in [-0.15, -0.1) is 0 Å². The lowest BCUT2D eigenvalue weighted by Gasteiger charge is -2.01. The largest absolute Gasteiger partial charge is 0.513 e. The Morgan fingerprint density at radius 1 is 1.36 bits per heavy atom. The second kappa shape index (κ2) is 4.26. The van der Waals surface area contributed by atoms with Crippen molar-refractivity contribution in [3.8, 4) is 5.75 Å². The van der Waals surface area contributed by atoms with Crippen molar-refractivity contribution in [2.45, 2.75) is 0 Å². The average Bonchev–Trinajstić information content (AvgIpc) is 2.18. The van der Waals surface area contributed by atoms with Crippen LogP contribution in [0.25, 0.3) is 0 Å². The normalized spacial score (nSPS) is 9.14. The first-order valence-electron chi connectivity index (χ1n) is 3.46. The van der Waals surface area contributed by atoms with Crippen molar-refractivity contribution in [1.29, 1.82) is 0 Å². The van der Waals surface area contributed by atoms with E-state index >= 15 is 0 Å². The number of ether oxygens (including phenoxy) is 1. The maximum atomic E-state index is 10.5. The molecule has 0 unspecified atom stereocenters. The van der Waals surface area contributed by atoms with Crippen LogP contribution in [0, 0.1) is 10.1 Å². The summed E-state index contributed by atoms with van der Waals surface area (Å²) < 4.78 is 8.23. The molecule has 70 valence electrons. The molecule has 1 aromatic rings. The van der Waals surface area contributed by atoms with Crippen molar-refractivity contribution in [3.63, 3.8) is 0 Å². The van der Waals surface area contributed by atoms with Crippen molar-refractivity contribution >= 4 is 19.9 Å². The monoisotopic (exact) mass is 193 g/mol. The summed E-state index contributed by atoms with van der Waals surface area (Å²) in [5.41, 5.74) is -0.0986. The van der Waals surface area contributed by atoms with E-state index in [0.717, 1.165) is 0 Å². The van der Waals surface area contributed by atoms with Crippen LogP contribution >= 0.6 is 0 Å². The molecule has 0 bridgehead atoms. The van der Waals surface area contributed by atoms with Gasteiger partial charge in [0.05, 0.1) is 4.92 Å². The molecule has 2 radical (unpaired) electrons. The third kappa shape index (κ3) is 2.48. The number of nitrogens with zero attached hydrogens (tertiary/aromatic N) is 1. The van der Waals surface area contributed by atoms with Gasteiger partial charge in [0.15, 0.2) is 0 Å². The van der Waals surface area contributed by atoms with Gasteiger partial charge < -0.3 is 9.39 Å². The van der Waals surface area contributed by atoms with Gasteiger partial charge in [0.2, 0.25) is 0 Å². The Hall–Kier alpha value is -2.05. The fourth-order valence-electron chi connectivity index (χ4n) is 0.756. The summed E-state index contributed by atoms with van der Waals surface area (Å²) in [6.45, 7) is 0. The van der Waals surface area contributed by atoms with Crippen LogP contribution in [-0.2, 0) is 4.65 Å². The van der Waals surface area contributed by atoms with Crippen LogP contribution in [0.3, 0.4) is 0 Å². The van der Waals surface area contributed by atoms with Crippen molar-refractivity contribution in [2.75, 3.05) is 0 Å². The van der Waals surface area contributed by atoms with Gasteiger partial charge >= 0.3 is 14.2 Å². The molecule has 1 rings (SSSR count). The number of benzene rings is 1. The molecule has 0 amide bonds. The zero-order valence-corrected chi connectivity index (χ0v) is 6.88. The summed E-state index contributed by atoms with van der Waals surface area (Å²) in [6, 6.07) is 4.91. The highest BCUT2D eigenvalue weighted by molar-refractivity contribution is 6.04. The number of non-ortho nitro benzene ring substituents is 1. The van der Waals surface area contributed by atoms with Crippen LogP contribution in [-0.4, -0.2) is 19.1 Å². The molecular formula is C7H4BNO5. The van der Waals surface area contributed by atoms with Crippen molar-refractivity contribution in [3.05, 3.63) is 34.4 Å². The lowest BCUT2D eigenvalue weighted by atomic mass is 10.3. The molecule has 0 atom stereocenters. The molecule has 0 saturated heterocycles. The highest BCUT2D eigenvalue weighted by atomic mass is 16.7. The standard InChI is InChI=1S/C7H4BNO5/c8-14-7(10)13-6-3-1-5(2-4-6)9(11)12/h1-4H. The second-order valence-electron chi connectivity index (χ2n) is 2.22. The van der Waals surface area contributed by atoms with Crippen LogP contribution in [0.4, 0.5) is 10.5 Å². The van der Waals surface area contributed by atoms with Crippen LogP contribution in [0.5, 0.6) is 5.75 Å². The van der Waals surface area contributed by atoms with E-state index in [2.05, 4.69) is 17.4 Å². The van der Waals surface area contributed by atoms with Gasteiger partial charge in [0.1, 0.15) is 5.75 Å². The van der Waals surface area contributed by atoms with Gasteiger partial charge in [-0.05, 0) is 12.1 Å². The number of carbonyl (C=O) groups excluding carboxylic acids is 1. The highest BCUT2D eigenvalue weighted by Gasteiger charge is 2.06. The zero-order chi connectivity index (χ0) is 10.6. The number of hydrogen-bond acceptors (Lipinski definition) is 5. The first-order chi connectivity index (χ1) is 6.63. The molecule has 7 heteroatoms. The van der Waals surface area contributed by atoms with Gasteiger partial charge in [-0.1, -0.05) is 0 Å². The molecule has 0 aliphatic carbocycles. The molecule has 0 spiro atoms. The molecule has 0 N–H and O–H groups in total. The summed E-state index contributed by atoms with van der Waals surface area (Å²) in [7, 11) is 4.52. The average molecular weight is 193 g/mol. The van der Waals surface area contributed by atoms with E-state index in [1.54, 1.807) is 0 Å². The van der Waals surface area contributed by atoms with Gasteiger partial charge in [-0.2, -0.15) is 0 Å². The Kier molecular flexibility index (Phi) is 3.06. The minimum atomic E-state index is -1.08.